The topological polar surface area (TPSA) is 59.5 Å². The van der Waals surface area contributed by atoms with E-state index in [9.17, 15) is 9.59 Å². The van der Waals surface area contributed by atoms with E-state index in [2.05, 4.69) is 11.6 Å². The Kier molecular flexibility index (Phi) is 6.50. The molecule has 1 heterocycles. The van der Waals surface area contributed by atoms with Crippen molar-refractivity contribution in [3.8, 4) is 0 Å². The van der Waals surface area contributed by atoms with Gasteiger partial charge in [-0.1, -0.05) is 44.2 Å². The van der Waals surface area contributed by atoms with Crippen LogP contribution in [-0.4, -0.2) is 41.5 Å². The second kappa shape index (κ2) is 8.61. The zero-order chi connectivity index (χ0) is 19.3. The fourth-order valence-electron chi connectivity index (χ4n) is 2.66. The van der Waals surface area contributed by atoms with Crippen LogP contribution < -0.4 is 0 Å². The van der Waals surface area contributed by atoms with Crippen molar-refractivity contribution in [1.82, 2.24) is 9.88 Å². The van der Waals surface area contributed by atoms with Crippen molar-refractivity contribution in [3.05, 3.63) is 53.7 Å². The van der Waals surface area contributed by atoms with E-state index >= 15 is 0 Å². The molecule has 1 amide bonds. The Morgan fingerprint density at radius 2 is 1.96 bits per heavy atom. The fourth-order valence-corrected chi connectivity index (χ4v) is 2.66. The Balaban J connectivity index is 2.21. The molecule has 2 rings (SSSR count). The number of fused-ring (bicyclic) bond motifs is 1. The summed E-state index contributed by atoms with van der Waals surface area (Å²) in [5.74, 6) is -0.560. The predicted octanol–water partition coefficient (Wildman–Crippen LogP) is 3.94. The zero-order valence-electron chi connectivity index (χ0n) is 15.9. The molecule has 0 saturated heterocycles. The first kappa shape index (κ1) is 19.6. The van der Waals surface area contributed by atoms with Crippen molar-refractivity contribution in [1.29, 1.82) is 0 Å². The van der Waals surface area contributed by atoms with E-state index in [1.54, 1.807) is 11.0 Å². The number of rotatable bonds is 7. The Morgan fingerprint density at radius 3 is 2.58 bits per heavy atom. The van der Waals surface area contributed by atoms with Crippen LogP contribution in [0.4, 0.5) is 0 Å². The molecule has 2 aromatic rings. The molecule has 26 heavy (non-hydrogen) atoms. The highest BCUT2D eigenvalue weighted by molar-refractivity contribution is 6.04. The Morgan fingerprint density at radius 1 is 1.27 bits per heavy atom. The number of amides is 1. The van der Waals surface area contributed by atoms with Gasteiger partial charge in [0.05, 0.1) is 11.1 Å². The third-order valence-corrected chi connectivity index (χ3v) is 4.07. The lowest BCUT2D eigenvalue weighted by Gasteiger charge is -2.20. The van der Waals surface area contributed by atoms with Crippen molar-refractivity contribution in [2.45, 2.75) is 33.6 Å². The van der Waals surface area contributed by atoms with E-state index < -0.39 is 5.97 Å². The van der Waals surface area contributed by atoms with E-state index in [1.165, 1.54) is 0 Å². The largest absolute Gasteiger partial charge is 0.452 e. The number of benzene rings is 1. The Hall–Kier alpha value is -2.69. The standard InChI is InChI=1S/C21H26N2O3/c1-6-23(12-14(2)3)20(24)13-26-21(25)17-11-19(15(4)5)22-18-10-8-7-9-16(17)18/h7-11,15H,2,6,12-13H2,1,3-5H3. The highest BCUT2D eigenvalue weighted by Crippen LogP contribution is 2.23. The van der Waals surface area contributed by atoms with Crippen molar-refractivity contribution in [2.24, 2.45) is 0 Å². The number of para-hydroxylation sites is 1. The molecule has 0 aliphatic heterocycles. The summed E-state index contributed by atoms with van der Waals surface area (Å²) in [6.07, 6.45) is 0. The maximum atomic E-state index is 12.6. The van der Waals surface area contributed by atoms with Gasteiger partial charge in [-0.05, 0) is 31.9 Å². The van der Waals surface area contributed by atoms with E-state index in [1.807, 2.05) is 52.0 Å². The van der Waals surface area contributed by atoms with Gasteiger partial charge in [-0.3, -0.25) is 9.78 Å². The minimum absolute atomic E-state index is 0.180. The fraction of sp³-hybridized carbons (Fsp3) is 0.381. The summed E-state index contributed by atoms with van der Waals surface area (Å²) in [6.45, 7) is 12.3. The molecule has 0 radical (unpaired) electrons. The van der Waals surface area contributed by atoms with E-state index in [-0.39, 0.29) is 18.4 Å². The number of hydrogen-bond donors (Lipinski definition) is 0. The lowest BCUT2D eigenvalue weighted by Crippen LogP contribution is -2.35. The van der Waals surface area contributed by atoms with Crippen LogP contribution in [0.3, 0.4) is 0 Å². The number of likely N-dealkylation sites (N-methyl/N-ethyl adjacent to an activating group) is 1. The van der Waals surface area contributed by atoms with Gasteiger partial charge in [0.15, 0.2) is 6.61 Å². The predicted molar refractivity (Wildman–Crippen MR) is 103 cm³/mol. The molecule has 138 valence electrons. The summed E-state index contributed by atoms with van der Waals surface area (Å²) in [4.78, 5) is 31.1. The number of carbonyl (C=O) groups excluding carboxylic acids is 2. The average molecular weight is 354 g/mol. The first-order valence-corrected chi connectivity index (χ1v) is 8.82. The highest BCUT2D eigenvalue weighted by Gasteiger charge is 2.18. The molecule has 1 aromatic carbocycles. The summed E-state index contributed by atoms with van der Waals surface area (Å²) in [6, 6.07) is 9.20. The van der Waals surface area contributed by atoms with Crippen molar-refractivity contribution in [2.75, 3.05) is 19.7 Å². The van der Waals surface area contributed by atoms with Crippen LogP contribution in [-0.2, 0) is 9.53 Å². The quantitative estimate of drug-likeness (QED) is 0.558. The summed E-state index contributed by atoms with van der Waals surface area (Å²) >= 11 is 0. The zero-order valence-corrected chi connectivity index (χ0v) is 15.9. The summed E-state index contributed by atoms with van der Waals surface area (Å²) in [5.41, 5.74) is 2.89. The molecule has 0 aliphatic carbocycles. The minimum atomic E-state index is -0.509. The molecule has 0 bridgehead atoms. The van der Waals surface area contributed by atoms with Crippen LogP contribution in [0.15, 0.2) is 42.5 Å². The monoisotopic (exact) mass is 354 g/mol. The molecule has 0 spiro atoms. The average Bonchev–Trinajstić information content (AvgIpc) is 2.62. The second-order valence-electron chi connectivity index (χ2n) is 6.71. The molecule has 0 unspecified atom stereocenters. The number of aromatic nitrogens is 1. The van der Waals surface area contributed by atoms with Crippen LogP contribution >= 0.6 is 0 Å². The first-order chi connectivity index (χ1) is 12.3. The van der Waals surface area contributed by atoms with Gasteiger partial charge in [-0.25, -0.2) is 4.79 Å². The number of pyridine rings is 1. The number of ether oxygens (including phenoxy) is 1. The molecule has 0 atom stereocenters. The molecule has 0 saturated carbocycles. The van der Waals surface area contributed by atoms with Crippen molar-refractivity contribution in [3.63, 3.8) is 0 Å². The van der Waals surface area contributed by atoms with Gasteiger partial charge in [-0.15, -0.1) is 0 Å². The Labute approximate surface area is 154 Å². The lowest BCUT2D eigenvalue weighted by molar-refractivity contribution is -0.133. The molecular weight excluding hydrogens is 328 g/mol. The summed E-state index contributed by atoms with van der Waals surface area (Å²) in [7, 11) is 0. The van der Waals surface area contributed by atoms with Crippen molar-refractivity contribution < 1.29 is 14.3 Å². The van der Waals surface area contributed by atoms with E-state index in [0.717, 1.165) is 22.2 Å². The van der Waals surface area contributed by atoms with Gasteiger partial charge in [0.1, 0.15) is 0 Å². The van der Waals surface area contributed by atoms with Gasteiger partial charge in [0.25, 0.3) is 5.91 Å². The molecular formula is C21H26N2O3. The molecule has 5 heteroatoms. The van der Waals surface area contributed by atoms with Gasteiger partial charge in [-0.2, -0.15) is 0 Å². The maximum Gasteiger partial charge on any atom is 0.339 e. The Bertz CT molecular complexity index is 827. The summed E-state index contributed by atoms with van der Waals surface area (Å²) in [5, 5.41) is 0.726. The molecule has 0 fully saturated rings. The lowest BCUT2D eigenvalue weighted by atomic mass is 10.0. The van der Waals surface area contributed by atoms with E-state index in [0.29, 0.717) is 18.7 Å². The molecule has 1 aromatic heterocycles. The van der Waals surface area contributed by atoms with Crippen LogP contribution in [0.2, 0.25) is 0 Å². The molecule has 0 N–H and O–H groups in total. The van der Waals surface area contributed by atoms with Crippen LogP contribution in [0.1, 0.15) is 49.7 Å². The van der Waals surface area contributed by atoms with Gasteiger partial charge < -0.3 is 9.64 Å². The van der Waals surface area contributed by atoms with Crippen molar-refractivity contribution >= 4 is 22.8 Å². The number of nitrogens with zero attached hydrogens (tertiary/aromatic N) is 2. The maximum absolute atomic E-state index is 12.6. The first-order valence-electron chi connectivity index (χ1n) is 8.82. The number of esters is 1. The van der Waals surface area contributed by atoms with Crippen LogP contribution in [0.25, 0.3) is 10.9 Å². The van der Waals surface area contributed by atoms with Gasteiger partial charge in [0, 0.05) is 24.2 Å². The smallest absolute Gasteiger partial charge is 0.339 e. The second-order valence-corrected chi connectivity index (χ2v) is 6.71. The van der Waals surface area contributed by atoms with Gasteiger partial charge in [0.2, 0.25) is 0 Å². The minimum Gasteiger partial charge on any atom is -0.452 e. The van der Waals surface area contributed by atoms with Gasteiger partial charge >= 0.3 is 5.97 Å². The summed E-state index contributed by atoms with van der Waals surface area (Å²) < 4.78 is 5.31. The molecule has 0 aliphatic rings. The highest BCUT2D eigenvalue weighted by atomic mass is 16.5. The van der Waals surface area contributed by atoms with Crippen LogP contribution in [0.5, 0.6) is 0 Å². The van der Waals surface area contributed by atoms with E-state index in [4.69, 9.17) is 4.74 Å². The number of hydrogen-bond acceptors (Lipinski definition) is 4. The number of carbonyl (C=O) groups is 2. The SMILES string of the molecule is C=C(C)CN(CC)C(=O)COC(=O)c1cc(C(C)C)nc2ccccc12. The van der Waals surface area contributed by atoms with Crippen LogP contribution in [0, 0.1) is 0 Å². The normalized spacial score (nSPS) is 10.8. The third kappa shape index (κ3) is 4.69. The third-order valence-electron chi connectivity index (χ3n) is 4.07. The molecule has 5 nitrogen and oxygen atoms in total.